The molecule has 0 N–H and O–H groups in total. The van der Waals surface area contributed by atoms with Crippen molar-refractivity contribution in [3.63, 3.8) is 0 Å². The van der Waals surface area contributed by atoms with Crippen molar-refractivity contribution in [3.05, 3.63) is 81.8 Å². The predicted molar refractivity (Wildman–Crippen MR) is 118 cm³/mol. The maximum atomic E-state index is 13.2. The van der Waals surface area contributed by atoms with Gasteiger partial charge in [-0.25, -0.2) is 0 Å². The Labute approximate surface area is 180 Å². The molecule has 0 saturated carbocycles. The van der Waals surface area contributed by atoms with Crippen LogP contribution in [0.4, 0.5) is 0 Å². The second-order valence-corrected chi connectivity index (χ2v) is 8.44. The monoisotopic (exact) mass is 452 g/mol. The van der Waals surface area contributed by atoms with Crippen molar-refractivity contribution in [1.82, 2.24) is 19.4 Å². The lowest BCUT2D eigenvalue weighted by molar-refractivity contribution is 0.0627. The second kappa shape index (κ2) is 8.51. The first kappa shape index (κ1) is 19.9. The SMILES string of the molecule is Cc1cc(C(=O)N2CCN(Cc3cccnc3)CC2)c(C)n1-c1ccc(Br)cc1. The first-order chi connectivity index (χ1) is 14.0. The summed E-state index contributed by atoms with van der Waals surface area (Å²) in [5.74, 6) is 0.127. The van der Waals surface area contributed by atoms with E-state index in [4.69, 9.17) is 0 Å². The molecule has 5 nitrogen and oxygen atoms in total. The van der Waals surface area contributed by atoms with E-state index in [1.165, 1.54) is 5.56 Å². The first-order valence-electron chi connectivity index (χ1n) is 9.88. The molecule has 0 spiro atoms. The zero-order valence-electron chi connectivity index (χ0n) is 16.8. The number of carbonyl (C=O) groups is 1. The van der Waals surface area contributed by atoms with Crippen LogP contribution in [0.25, 0.3) is 5.69 Å². The summed E-state index contributed by atoms with van der Waals surface area (Å²) >= 11 is 3.48. The molecule has 1 fully saturated rings. The normalized spacial score (nSPS) is 14.9. The van der Waals surface area contributed by atoms with Gasteiger partial charge in [0.05, 0.1) is 5.56 Å². The van der Waals surface area contributed by atoms with E-state index in [0.29, 0.717) is 0 Å². The van der Waals surface area contributed by atoms with Gasteiger partial charge in [0.1, 0.15) is 0 Å². The van der Waals surface area contributed by atoms with Crippen LogP contribution in [-0.2, 0) is 6.54 Å². The predicted octanol–water partition coefficient (Wildman–Crippen LogP) is 4.21. The minimum atomic E-state index is 0.127. The summed E-state index contributed by atoms with van der Waals surface area (Å²) < 4.78 is 3.20. The van der Waals surface area contributed by atoms with Crippen molar-refractivity contribution < 1.29 is 4.79 Å². The van der Waals surface area contributed by atoms with Gasteiger partial charge in [-0.1, -0.05) is 22.0 Å². The Balaban J connectivity index is 1.45. The fraction of sp³-hybridized carbons (Fsp3) is 0.304. The van der Waals surface area contributed by atoms with Gasteiger partial charge in [0, 0.05) is 66.7 Å². The van der Waals surface area contributed by atoms with Crippen LogP contribution in [0.2, 0.25) is 0 Å². The fourth-order valence-electron chi connectivity index (χ4n) is 4.00. The van der Waals surface area contributed by atoms with E-state index in [1.54, 1.807) is 6.20 Å². The number of rotatable bonds is 4. The minimum Gasteiger partial charge on any atom is -0.336 e. The third-order valence-electron chi connectivity index (χ3n) is 5.53. The molecule has 2 aromatic heterocycles. The van der Waals surface area contributed by atoms with Gasteiger partial charge in [0.15, 0.2) is 0 Å². The average Bonchev–Trinajstić information content (AvgIpc) is 3.04. The standard InChI is InChI=1S/C23H25BrN4O/c1-17-14-22(18(2)28(17)21-7-5-20(24)6-8-21)23(29)27-12-10-26(11-13-27)16-19-4-3-9-25-15-19/h3-9,14-15H,10-13,16H2,1-2H3. The molecule has 0 bridgehead atoms. The summed E-state index contributed by atoms with van der Waals surface area (Å²) in [6, 6.07) is 14.3. The lowest BCUT2D eigenvalue weighted by atomic mass is 10.2. The Hall–Kier alpha value is -2.44. The lowest BCUT2D eigenvalue weighted by Gasteiger charge is -2.34. The number of nitrogens with zero attached hydrogens (tertiary/aromatic N) is 4. The van der Waals surface area contributed by atoms with E-state index in [0.717, 1.165) is 59.8 Å². The van der Waals surface area contributed by atoms with E-state index >= 15 is 0 Å². The number of aromatic nitrogens is 2. The van der Waals surface area contributed by atoms with Crippen molar-refractivity contribution >= 4 is 21.8 Å². The Morgan fingerprint density at radius 3 is 2.45 bits per heavy atom. The quantitative estimate of drug-likeness (QED) is 0.595. The second-order valence-electron chi connectivity index (χ2n) is 7.53. The molecule has 0 atom stereocenters. The number of halogens is 1. The van der Waals surface area contributed by atoms with Crippen molar-refractivity contribution in [2.45, 2.75) is 20.4 Å². The number of pyridine rings is 1. The Kier molecular flexibility index (Phi) is 5.83. The molecule has 1 aromatic carbocycles. The molecule has 150 valence electrons. The molecule has 1 saturated heterocycles. The van der Waals surface area contributed by atoms with Gasteiger partial charge in [-0.15, -0.1) is 0 Å². The number of piperazine rings is 1. The topological polar surface area (TPSA) is 41.4 Å². The van der Waals surface area contributed by atoms with E-state index < -0.39 is 0 Å². The zero-order chi connectivity index (χ0) is 20.4. The van der Waals surface area contributed by atoms with Crippen LogP contribution in [0, 0.1) is 13.8 Å². The van der Waals surface area contributed by atoms with Gasteiger partial charge in [-0.2, -0.15) is 0 Å². The van der Waals surface area contributed by atoms with Crippen LogP contribution < -0.4 is 0 Å². The highest BCUT2D eigenvalue weighted by Gasteiger charge is 2.25. The molecule has 0 aliphatic carbocycles. The van der Waals surface area contributed by atoms with Crippen LogP contribution in [0.5, 0.6) is 0 Å². The van der Waals surface area contributed by atoms with Crippen molar-refractivity contribution in [2.75, 3.05) is 26.2 Å². The Bertz CT molecular complexity index is 990. The lowest BCUT2D eigenvalue weighted by Crippen LogP contribution is -2.48. The molecular formula is C23H25BrN4O. The third-order valence-corrected chi connectivity index (χ3v) is 6.06. The van der Waals surface area contributed by atoms with Crippen LogP contribution >= 0.6 is 15.9 Å². The first-order valence-corrected chi connectivity index (χ1v) is 10.7. The van der Waals surface area contributed by atoms with Crippen molar-refractivity contribution in [3.8, 4) is 5.69 Å². The van der Waals surface area contributed by atoms with Gasteiger partial charge < -0.3 is 9.47 Å². The van der Waals surface area contributed by atoms with E-state index in [-0.39, 0.29) is 5.91 Å². The Morgan fingerprint density at radius 1 is 1.07 bits per heavy atom. The molecule has 3 heterocycles. The maximum absolute atomic E-state index is 13.2. The molecule has 0 radical (unpaired) electrons. The number of hydrogen-bond donors (Lipinski definition) is 0. The number of hydrogen-bond acceptors (Lipinski definition) is 3. The highest BCUT2D eigenvalue weighted by atomic mass is 79.9. The summed E-state index contributed by atoms with van der Waals surface area (Å²) in [5.41, 5.74) is 5.15. The highest BCUT2D eigenvalue weighted by Crippen LogP contribution is 2.24. The summed E-state index contributed by atoms with van der Waals surface area (Å²) in [6.07, 6.45) is 3.71. The van der Waals surface area contributed by atoms with E-state index in [9.17, 15) is 4.79 Å². The number of aryl methyl sites for hydroxylation is 1. The van der Waals surface area contributed by atoms with Gasteiger partial charge >= 0.3 is 0 Å². The zero-order valence-corrected chi connectivity index (χ0v) is 18.4. The van der Waals surface area contributed by atoms with Crippen LogP contribution in [-0.4, -0.2) is 51.4 Å². The summed E-state index contributed by atoms with van der Waals surface area (Å²) in [4.78, 5) is 21.8. The van der Waals surface area contributed by atoms with E-state index in [2.05, 4.69) is 55.5 Å². The van der Waals surface area contributed by atoms with Gasteiger partial charge in [0.25, 0.3) is 5.91 Å². The fourth-order valence-corrected chi connectivity index (χ4v) is 4.26. The minimum absolute atomic E-state index is 0.127. The molecule has 4 rings (SSSR count). The molecule has 1 amide bonds. The summed E-state index contributed by atoms with van der Waals surface area (Å²) in [6.45, 7) is 8.23. The van der Waals surface area contributed by atoms with Crippen LogP contribution in [0.15, 0.2) is 59.3 Å². The molecule has 3 aromatic rings. The molecule has 6 heteroatoms. The van der Waals surface area contributed by atoms with E-state index in [1.807, 2.05) is 42.3 Å². The van der Waals surface area contributed by atoms with Crippen molar-refractivity contribution in [1.29, 1.82) is 0 Å². The summed E-state index contributed by atoms with van der Waals surface area (Å²) in [7, 11) is 0. The molecule has 1 aliphatic heterocycles. The van der Waals surface area contributed by atoms with Crippen LogP contribution in [0.1, 0.15) is 27.3 Å². The van der Waals surface area contributed by atoms with Gasteiger partial charge in [0.2, 0.25) is 0 Å². The number of benzene rings is 1. The number of amides is 1. The van der Waals surface area contributed by atoms with Gasteiger partial charge in [-0.05, 0) is 55.8 Å². The molecule has 0 unspecified atom stereocenters. The molecule has 29 heavy (non-hydrogen) atoms. The maximum Gasteiger partial charge on any atom is 0.255 e. The smallest absolute Gasteiger partial charge is 0.255 e. The highest BCUT2D eigenvalue weighted by molar-refractivity contribution is 9.10. The third kappa shape index (κ3) is 4.28. The Morgan fingerprint density at radius 2 is 1.79 bits per heavy atom. The largest absolute Gasteiger partial charge is 0.336 e. The van der Waals surface area contributed by atoms with Crippen molar-refractivity contribution in [2.24, 2.45) is 0 Å². The summed E-state index contributed by atoms with van der Waals surface area (Å²) in [5, 5.41) is 0. The number of carbonyl (C=O) groups excluding carboxylic acids is 1. The van der Waals surface area contributed by atoms with Crippen LogP contribution in [0.3, 0.4) is 0 Å². The van der Waals surface area contributed by atoms with Gasteiger partial charge in [-0.3, -0.25) is 14.7 Å². The molecule has 1 aliphatic rings. The average molecular weight is 453 g/mol. The molecular weight excluding hydrogens is 428 g/mol.